The van der Waals surface area contributed by atoms with E-state index in [1.807, 2.05) is 54.8 Å². The van der Waals surface area contributed by atoms with Crippen LogP contribution in [0.2, 0.25) is 0 Å². The largest absolute Gasteiger partial charge is 0.383 e. The fraction of sp³-hybridized carbons (Fsp3) is 0.200. The number of carbonyl (C=O) groups is 2. The number of fused-ring (bicyclic) bond motifs is 3. The first kappa shape index (κ1) is 16.6. The number of ketones is 1. The van der Waals surface area contributed by atoms with Crippen molar-refractivity contribution in [2.75, 3.05) is 19.4 Å². The molecule has 3 aromatic rings. The molecule has 1 amide bonds. The van der Waals surface area contributed by atoms with Crippen molar-refractivity contribution >= 4 is 39.6 Å². The maximum atomic E-state index is 12.7. The molecule has 1 aromatic carbocycles. The van der Waals surface area contributed by atoms with Crippen molar-refractivity contribution < 1.29 is 9.59 Å². The second-order valence-corrected chi connectivity index (χ2v) is 7.57. The first-order chi connectivity index (χ1) is 12.5. The van der Waals surface area contributed by atoms with E-state index in [0.29, 0.717) is 10.6 Å². The van der Waals surface area contributed by atoms with Crippen LogP contribution in [0.5, 0.6) is 0 Å². The number of nitrogens with one attached hydrogen (secondary N) is 2. The van der Waals surface area contributed by atoms with E-state index in [1.165, 1.54) is 11.3 Å². The van der Waals surface area contributed by atoms with Crippen molar-refractivity contribution in [2.24, 2.45) is 0 Å². The minimum absolute atomic E-state index is 0.0559. The summed E-state index contributed by atoms with van der Waals surface area (Å²) in [6.45, 7) is 0. The number of anilines is 1. The average molecular weight is 365 g/mol. The van der Waals surface area contributed by atoms with E-state index in [-0.39, 0.29) is 11.7 Å². The molecule has 2 N–H and O–H groups in total. The number of allylic oxidation sites excluding steroid dienone is 1. The summed E-state index contributed by atoms with van der Waals surface area (Å²) in [5.74, 6) is -0.0589. The molecule has 0 unspecified atom stereocenters. The number of rotatable bonds is 3. The lowest BCUT2D eigenvalue weighted by atomic mass is 9.90. The molecule has 0 saturated heterocycles. The van der Waals surface area contributed by atoms with Crippen molar-refractivity contribution in [3.8, 4) is 0 Å². The maximum Gasteiger partial charge on any atom is 0.265 e. The summed E-state index contributed by atoms with van der Waals surface area (Å²) >= 11 is 1.41. The molecule has 2 aromatic heterocycles. The highest BCUT2D eigenvalue weighted by Crippen LogP contribution is 2.33. The standard InChI is InChI=1S/C20H19N3O2S/c1-23(2)11-12-5-7-14-15-10-13(21-20(25)17-4-3-9-26-17)6-8-16(15)22-18(14)19(12)24/h3-4,6,8-11,22H,5,7H2,1-2H3,(H,21,25)/b12-11-. The number of aromatic nitrogens is 1. The van der Waals surface area contributed by atoms with Gasteiger partial charge in [0, 0.05) is 42.5 Å². The number of benzene rings is 1. The van der Waals surface area contributed by atoms with E-state index < -0.39 is 0 Å². The number of aromatic amines is 1. The van der Waals surface area contributed by atoms with Crippen molar-refractivity contribution in [3.63, 3.8) is 0 Å². The van der Waals surface area contributed by atoms with Gasteiger partial charge in [0.25, 0.3) is 5.91 Å². The Hall–Kier alpha value is -2.86. The molecule has 5 nitrogen and oxygen atoms in total. The van der Waals surface area contributed by atoms with Gasteiger partial charge in [0.05, 0.1) is 10.6 Å². The fourth-order valence-electron chi connectivity index (χ4n) is 3.35. The molecule has 132 valence electrons. The van der Waals surface area contributed by atoms with Gasteiger partial charge >= 0.3 is 0 Å². The van der Waals surface area contributed by atoms with E-state index in [9.17, 15) is 9.59 Å². The van der Waals surface area contributed by atoms with E-state index in [4.69, 9.17) is 0 Å². The molecule has 0 radical (unpaired) electrons. The lowest BCUT2D eigenvalue weighted by Crippen LogP contribution is -2.16. The predicted molar refractivity (Wildman–Crippen MR) is 105 cm³/mol. The summed E-state index contributed by atoms with van der Waals surface area (Å²) in [5, 5.41) is 5.81. The zero-order valence-electron chi connectivity index (χ0n) is 14.6. The number of hydrogen-bond acceptors (Lipinski definition) is 4. The van der Waals surface area contributed by atoms with Crippen molar-refractivity contribution in [3.05, 3.63) is 63.6 Å². The van der Waals surface area contributed by atoms with Crippen LogP contribution >= 0.6 is 11.3 Å². The molecule has 0 spiro atoms. The van der Waals surface area contributed by atoms with Crippen LogP contribution in [-0.4, -0.2) is 35.7 Å². The van der Waals surface area contributed by atoms with Gasteiger partial charge in [-0.2, -0.15) is 0 Å². The third-order valence-corrected chi connectivity index (χ3v) is 5.35. The molecule has 0 fully saturated rings. The monoisotopic (exact) mass is 365 g/mol. The molecule has 6 heteroatoms. The number of carbonyl (C=O) groups excluding carboxylic acids is 2. The van der Waals surface area contributed by atoms with E-state index >= 15 is 0 Å². The van der Waals surface area contributed by atoms with Crippen molar-refractivity contribution in [1.82, 2.24) is 9.88 Å². The highest BCUT2D eigenvalue weighted by molar-refractivity contribution is 7.12. The Balaban J connectivity index is 1.68. The van der Waals surface area contributed by atoms with Gasteiger partial charge in [0.2, 0.25) is 5.78 Å². The Morgan fingerprint density at radius 3 is 2.85 bits per heavy atom. The molecule has 1 aliphatic carbocycles. The summed E-state index contributed by atoms with van der Waals surface area (Å²) in [7, 11) is 3.84. The zero-order chi connectivity index (χ0) is 18.3. The van der Waals surface area contributed by atoms with Gasteiger partial charge in [-0.1, -0.05) is 6.07 Å². The molecular formula is C20H19N3O2S. The molecule has 0 aliphatic heterocycles. The summed E-state index contributed by atoms with van der Waals surface area (Å²) in [6, 6.07) is 9.38. The van der Waals surface area contributed by atoms with E-state index in [0.717, 1.165) is 40.6 Å². The number of Topliss-reactive ketones (excluding diaryl/α,β-unsaturated/α-hetero) is 1. The summed E-state index contributed by atoms with van der Waals surface area (Å²) < 4.78 is 0. The Morgan fingerprint density at radius 1 is 1.27 bits per heavy atom. The molecule has 0 saturated carbocycles. The van der Waals surface area contributed by atoms with Crippen LogP contribution in [0, 0.1) is 0 Å². The maximum absolute atomic E-state index is 12.7. The van der Waals surface area contributed by atoms with E-state index in [2.05, 4.69) is 10.3 Å². The predicted octanol–water partition coefficient (Wildman–Crippen LogP) is 4.06. The molecule has 1 aliphatic rings. The van der Waals surface area contributed by atoms with Crippen LogP contribution in [0.15, 0.2) is 47.5 Å². The van der Waals surface area contributed by atoms with Gasteiger partial charge in [-0.25, -0.2) is 0 Å². The highest BCUT2D eigenvalue weighted by atomic mass is 32.1. The topological polar surface area (TPSA) is 65.2 Å². The number of amides is 1. The van der Waals surface area contributed by atoms with Crippen molar-refractivity contribution in [2.45, 2.75) is 12.8 Å². The van der Waals surface area contributed by atoms with Crippen LogP contribution in [-0.2, 0) is 6.42 Å². The van der Waals surface area contributed by atoms with Crippen molar-refractivity contribution in [1.29, 1.82) is 0 Å². The summed E-state index contributed by atoms with van der Waals surface area (Å²) in [5.41, 5.74) is 4.18. The second-order valence-electron chi connectivity index (χ2n) is 6.62. The Morgan fingerprint density at radius 2 is 2.12 bits per heavy atom. The van der Waals surface area contributed by atoms with Crippen LogP contribution in [0.4, 0.5) is 5.69 Å². The van der Waals surface area contributed by atoms with Crippen LogP contribution in [0.1, 0.15) is 32.1 Å². The average Bonchev–Trinajstić information content (AvgIpc) is 3.25. The fourth-order valence-corrected chi connectivity index (χ4v) is 3.97. The first-order valence-electron chi connectivity index (χ1n) is 8.44. The molecule has 26 heavy (non-hydrogen) atoms. The SMILES string of the molecule is CN(C)/C=C1/CCc2c([nH]c3ccc(NC(=O)c4cccs4)cc23)C1=O. The number of H-pyrrole nitrogens is 1. The summed E-state index contributed by atoms with van der Waals surface area (Å²) in [6.07, 6.45) is 3.43. The quantitative estimate of drug-likeness (QED) is 0.688. The minimum Gasteiger partial charge on any atom is -0.383 e. The van der Waals surface area contributed by atoms with Crippen LogP contribution in [0.3, 0.4) is 0 Å². The molecule has 2 heterocycles. The van der Waals surface area contributed by atoms with Gasteiger partial charge in [-0.05, 0) is 48.1 Å². The lowest BCUT2D eigenvalue weighted by molar-refractivity contribution is 0.101. The third-order valence-electron chi connectivity index (χ3n) is 4.49. The smallest absolute Gasteiger partial charge is 0.265 e. The Kier molecular flexibility index (Phi) is 4.12. The van der Waals surface area contributed by atoms with Gasteiger partial charge in [-0.15, -0.1) is 11.3 Å². The number of nitrogens with zero attached hydrogens (tertiary/aromatic N) is 1. The Labute approximate surface area is 155 Å². The van der Waals surface area contributed by atoms with Crippen LogP contribution in [0.25, 0.3) is 10.9 Å². The number of thiophene rings is 1. The lowest BCUT2D eigenvalue weighted by Gasteiger charge is -2.16. The third kappa shape index (κ3) is 2.93. The number of hydrogen-bond donors (Lipinski definition) is 2. The molecule has 4 rings (SSSR count). The van der Waals surface area contributed by atoms with Crippen LogP contribution < -0.4 is 5.32 Å². The van der Waals surface area contributed by atoms with Gasteiger partial charge < -0.3 is 15.2 Å². The Bertz CT molecular complexity index is 1030. The zero-order valence-corrected chi connectivity index (χ0v) is 15.4. The van der Waals surface area contributed by atoms with Gasteiger partial charge in [-0.3, -0.25) is 9.59 Å². The summed E-state index contributed by atoms with van der Waals surface area (Å²) in [4.78, 5) is 30.8. The van der Waals surface area contributed by atoms with Gasteiger partial charge in [0.1, 0.15) is 0 Å². The molecular weight excluding hydrogens is 346 g/mol. The highest BCUT2D eigenvalue weighted by Gasteiger charge is 2.26. The first-order valence-corrected chi connectivity index (χ1v) is 9.32. The van der Waals surface area contributed by atoms with E-state index in [1.54, 1.807) is 6.07 Å². The molecule has 0 bridgehead atoms. The normalized spacial score (nSPS) is 15.3. The second kappa shape index (κ2) is 6.46. The minimum atomic E-state index is -0.115. The molecule has 0 atom stereocenters. The van der Waals surface area contributed by atoms with Gasteiger partial charge in [0.15, 0.2) is 0 Å². The number of aryl methyl sites for hydroxylation is 1.